The highest BCUT2D eigenvalue weighted by Crippen LogP contribution is 2.19. The summed E-state index contributed by atoms with van der Waals surface area (Å²) in [6.07, 6.45) is 2.34. The number of amides is 1. The fourth-order valence-electron chi connectivity index (χ4n) is 3.74. The average Bonchev–Trinajstić information content (AvgIpc) is 3.38. The van der Waals surface area contributed by atoms with E-state index in [1.54, 1.807) is 11.0 Å². The van der Waals surface area contributed by atoms with Gasteiger partial charge in [0.1, 0.15) is 18.2 Å². The van der Waals surface area contributed by atoms with Crippen molar-refractivity contribution in [3.8, 4) is 11.3 Å². The summed E-state index contributed by atoms with van der Waals surface area (Å²) in [4.78, 5) is 19.2. The van der Waals surface area contributed by atoms with E-state index in [4.69, 9.17) is 0 Å². The van der Waals surface area contributed by atoms with E-state index in [9.17, 15) is 9.18 Å². The van der Waals surface area contributed by atoms with Gasteiger partial charge < -0.3 is 9.47 Å². The van der Waals surface area contributed by atoms with Crippen molar-refractivity contribution in [3.05, 3.63) is 71.9 Å². The molecule has 2 aromatic heterocycles. The van der Waals surface area contributed by atoms with Gasteiger partial charge in [-0.1, -0.05) is 31.2 Å². The van der Waals surface area contributed by atoms with E-state index in [0.29, 0.717) is 6.54 Å². The quantitative estimate of drug-likeness (QED) is 0.465. The molecule has 31 heavy (non-hydrogen) atoms. The van der Waals surface area contributed by atoms with Gasteiger partial charge in [-0.15, -0.1) is 0 Å². The highest BCUT2D eigenvalue weighted by molar-refractivity contribution is 5.81. The van der Waals surface area contributed by atoms with E-state index in [2.05, 4.69) is 15.2 Å². The number of H-pyrrole nitrogens is 1. The van der Waals surface area contributed by atoms with E-state index in [1.165, 1.54) is 12.1 Å². The molecule has 0 aliphatic carbocycles. The Morgan fingerprint density at radius 1 is 1.16 bits per heavy atom. The van der Waals surface area contributed by atoms with Crippen LogP contribution in [-0.2, 0) is 24.2 Å². The van der Waals surface area contributed by atoms with Crippen LogP contribution >= 0.6 is 0 Å². The van der Waals surface area contributed by atoms with Crippen LogP contribution in [0.5, 0.6) is 0 Å². The summed E-state index contributed by atoms with van der Waals surface area (Å²) >= 11 is 0. The highest BCUT2D eigenvalue weighted by atomic mass is 19.1. The molecule has 6 nitrogen and oxygen atoms in total. The van der Waals surface area contributed by atoms with Gasteiger partial charge in [0.05, 0.1) is 16.7 Å². The van der Waals surface area contributed by atoms with Crippen LogP contribution in [0.15, 0.2) is 54.6 Å². The number of para-hydroxylation sites is 2. The third kappa shape index (κ3) is 4.66. The van der Waals surface area contributed by atoms with Gasteiger partial charge in [0.25, 0.3) is 0 Å². The minimum Gasteiger partial charge on any atom is -0.344 e. The van der Waals surface area contributed by atoms with E-state index in [-0.39, 0.29) is 18.3 Å². The number of hydrogen-bond acceptors (Lipinski definition) is 3. The van der Waals surface area contributed by atoms with Crippen molar-refractivity contribution in [2.75, 3.05) is 13.6 Å². The molecule has 0 atom stereocenters. The Kier molecular flexibility index (Phi) is 6.11. The van der Waals surface area contributed by atoms with Gasteiger partial charge in [-0.2, -0.15) is 5.10 Å². The second-order valence-corrected chi connectivity index (χ2v) is 7.66. The Labute approximate surface area is 180 Å². The summed E-state index contributed by atoms with van der Waals surface area (Å²) in [5, 5.41) is 7.29. The normalized spacial score (nSPS) is 11.2. The predicted molar refractivity (Wildman–Crippen MR) is 119 cm³/mol. The topological polar surface area (TPSA) is 66.8 Å². The number of rotatable bonds is 8. The molecule has 0 fully saturated rings. The molecule has 0 aliphatic rings. The molecule has 0 saturated carbocycles. The number of fused-ring (bicyclic) bond motifs is 1. The lowest BCUT2D eigenvalue weighted by atomic mass is 10.1. The number of aromatic nitrogens is 4. The number of aryl methyl sites for hydroxylation is 2. The highest BCUT2D eigenvalue weighted by Gasteiger charge is 2.15. The standard InChI is InChI=1S/C24H26FN5O/c1-3-23-26-20-11-4-5-12-22(20)30(23)16-24(31)29(2)13-7-10-19-15-21(28-27-19)17-8-6-9-18(25)14-17/h4-6,8-9,11-12,14-15H,3,7,10,13,16H2,1-2H3,(H,27,28). The molecule has 0 unspecified atom stereocenters. The Balaban J connectivity index is 1.33. The first-order valence-electron chi connectivity index (χ1n) is 10.5. The second kappa shape index (κ2) is 9.12. The number of nitrogens with zero attached hydrogens (tertiary/aromatic N) is 4. The van der Waals surface area contributed by atoms with Crippen LogP contribution in [-0.4, -0.2) is 44.1 Å². The molecule has 7 heteroatoms. The Morgan fingerprint density at radius 2 is 2.00 bits per heavy atom. The van der Waals surface area contributed by atoms with Crippen molar-refractivity contribution in [2.24, 2.45) is 0 Å². The number of hydrogen-bond donors (Lipinski definition) is 1. The maximum absolute atomic E-state index is 13.4. The van der Waals surface area contributed by atoms with Crippen molar-refractivity contribution in [3.63, 3.8) is 0 Å². The van der Waals surface area contributed by atoms with Gasteiger partial charge in [0.2, 0.25) is 5.91 Å². The zero-order valence-electron chi connectivity index (χ0n) is 17.8. The number of likely N-dealkylation sites (N-methyl/N-ethyl adjacent to an activating group) is 1. The maximum atomic E-state index is 13.4. The molecule has 0 spiro atoms. The maximum Gasteiger partial charge on any atom is 0.242 e. The van der Waals surface area contributed by atoms with Gasteiger partial charge in [0, 0.05) is 31.3 Å². The van der Waals surface area contributed by atoms with Crippen molar-refractivity contribution in [1.29, 1.82) is 0 Å². The molecule has 4 aromatic rings. The fraction of sp³-hybridized carbons (Fsp3) is 0.292. The van der Waals surface area contributed by atoms with Gasteiger partial charge in [-0.25, -0.2) is 9.37 Å². The molecule has 0 bridgehead atoms. The minimum atomic E-state index is -0.279. The van der Waals surface area contributed by atoms with E-state index >= 15 is 0 Å². The van der Waals surface area contributed by atoms with Crippen LogP contribution < -0.4 is 0 Å². The Morgan fingerprint density at radius 3 is 2.81 bits per heavy atom. The molecule has 0 radical (unpaired) electrons. The molecule has 2 aromatic carbocycles. The van der Waals surface area contributed by atoms with Crippen molar-refractivity contribution >= 4 is 16.9 Å². The van der Waals surface area contributed by atoms with Gasteiger partial charge in [-0.05, 0) is 43.2 Å². The number of imidazole rings is 1. The van der Waals surface area contributed by atoms with Crippen LogP contribution in [0.4, 0.5) is 4.39 Å². The lowest BCUT2D eigenvalue weighted by Gasteiger charge is -2.18. The molecular formula is C24H26FN5O. The van der Waals surface area contributed by atoms with Gasteiger partial charge in [-0.3, -0.25) is 9.89 Å². The van der Waals surface area contributed by atoms with Crippen LogP contribution in [0.25, 0.3) is 22.3 Å². The van der Waals surface area contributed by atoms with Crippen molar-refractivity contribution in [1.82, 2.24) is 24.6 Å². The lowest BCUT2D eigenvalue weighted by Crippen LogP contribution is -2.31. The summed E-state index contributed by atoms with van der Waals surface area (Å²) in [5.41, 5.74) is 4.34. The Bertz CT molecular complexity index is 1200. The second-order valence-electron chi connectivity index (χ2n) is 7.66. The van der Waals surface area contributed by atoms with Crippen LogP contribution in [0.2, 0.25) is 0 Å². The number of halogens is 1. The van der Waals surface area contributed by atoms with E-state index in [0.717, 1.165) is 53.1 Å². The van der Waals surface area contributed by atoms with Gasteiger partial charge in [0.15, 0.2) is 0 Å². The first-order valence-corrected chi connectivity index (χ1v) is 10.5. The lowest BCUT2D eigenvalue weighted by molar-refractivity contribution is -0.130. The predicted octanol–water partition coefficient (Wildman–Crippen LogP) is 4.22. The van der Waals surface area contributed by atoms with Crippen LogP contribution in [0, 0.1) is 5.82 Å². The molecule has 0 aliphatic heterocycles. The fourth-order valence-corrected chi connectivity index (χ4v) is 3.74. The first kappa shape index (κ1) is 20.8. The average molecular weight is 420 g/mol. The minimum absolute atomic E-state index is 0.0583. The summed E-state index contributed by atoms with van der Waals surface area (Å²) in [6.45, 7) is 2.98. The molecule has 2 heterocycles. The number of carbonyl (C=O) groups excluding carboxylic acids is 1. The largest absolute Gasteiger partial charge is 0.344 e. The number of aromatic amines is 1. The zero-order chi connectivity index (χ0) is 21.8. The molecule has 0 saturated heterocycles. The van der Waals surface area contributed by atoms with Crippen LogP contribution in [0.1, 0.15) is 24.9 Å². The smallest absolute Gasteiger partial charge is 0.242 e. The number of nitrogens with one attached hydrogen (secondary N) is 1. The van der Waals surface area contributed by atoms with Crippen molar-refractivity contribution < 1.29 is 9.18 Å². The van der Waals surface area contributed by atoms with Crippen LogP contribution in [0.3, 0.4) is 0 Å². The van der Waals surface area contributed by atoms with Crippen molar-refractivity contribution in [2.45, 2.75) is 32.7 Å². The zero-order valence-corrected chi connectivity index (χ0v) is 17.8. The molecule has 1 amide bonds. The molecule has 4 rings (SSSR count). The summed E-state index contributed by atoms with van der Waals surface area (Å²) < 4.78 is 15.4. The monoisotopic (exact) mass is 419 g/mol. The first-order chi connectivity index (χ1) is 15.0. The molecule has 160 valence electrons. The number of carbonyl (C=O) groups is 1. The summed E-state index contributed by atoms with van der Waals surface area (Å²) in [6, 6.07) is 16.2. The SMILES string of the molecule is CCc1nc2ccccc2n1CC(=O)N(C)CCCc1cc(-c2cccc(F)c2)n[nH]1. The summed E-state index contributed by atoms with van der Waals surface area (Å²) in [5.74, 6) is 0.701. The number of benzene rings is 2. The van der Waals surface area contributed by atoms with E-state index < -0.39 is 0 Å². The molecule has 1 N–H and O–H groups in total. The van der Waals surface area contributed by atoms with Gasteiger partial charge >= 0.3 is 0 Å². The Hall–Kier alpha value is -3.48. The third-order valence-electron chi connectivity index (χ3n) is 5.46. The molecular weight excluding hydrogens is 393 g/mol. The third-order valence-corrected chi connectivity index (χ3v) is 5.46. The van der Waals surface area contributed by atoms with E-state index in [1.807, 2.05) is 54.9 Å². The summed E-state index contributed by atoms with van der Waals surface area (Å²) in [7, 11) is 1.83.